The van der Waals surface area contributed by atoms with Crippen molar-refractivity contribution in [2.75, 3.05) is 0 Å². The van der Waals surface area contributed by atoms with Crippen LogP contribution in [-0.2, 0) is 0 Å². The van der Waals surface area contributed by atoms with Gasteiger partial charge >= 0.3 is 0 Å². The molecule has 0 unspecified atom stereocenters. The van der Waals surface area contributed by atoms with Gasteiger partial charge in [0, 0.05) is 32.8 Å². The Morgan fingerprint density at radius 2 is 0.825 bits per heavy atom. The molecule has 2 heterocycles. The Kier molecular flexibility index (Phi) is 7.91. The largest absolute Gasteiger partial charge is 0.309 e. The highest BCUT2D eigenvalue weighted by Crippen LogP contribution is 2.41. The van der Waals surface area contributed by atoms with E-state index in [4.69, 9.17) is 9.97 Å². The predicted octanol–water partition coefficient (Wildman–Crippen LogP) is 16.0. The lowest BCUT2D eigenvalue weighted by molar-refractivity contribution is 1.18. The SMILES string of the molecule is c1ccc(-n2c3ccccc3c3cc(-c4cccc(-c5cnc6c7cc(-c8cccc9ccccc89)ccc7c7ccc(-c8cccc9ccccc89)cc7c6n5)c4)ccc32)cc1. The average Bonchev–Trinajstić information content (AvgIpc) is 3.69. The molecule has 0 atom stereocenters. The monoisotopic (exact) mass is 799 g/mol. The summed E-state index contributed by atoms with van der Waals surface area (Å²) in [6.07, 6.45) is 1.96. The standard InChI is InChI=1S/C60H37N3/c1-2-19-45(20-3-1)63-57-26-9-8-23-52(57)53-34-41(29-32-58(53)63)40-17-10-18-44(33-40)56-37-61-59-54-35-42(48-24-11-15-38-13-4-6-21-46(38)48)27-30-50(54)51-31-28-43(36-55(51)60(59)62-56)49-25-12-16-39-14-5-7-22-47(39)49/h1-37H. The molecule has 0 aliphatic carbocycles. The normalized spacial score (nSPS) is 11.8. The summed E-state index contributed by atoms with van der Waals surface area (Å²) >= 11 is 0. The molecule has 0 N–H and O–H groups in total. The maximum Gasteiger partial charge on any atom is 0.0979 e. The second-order valence-electron chi connectivity index (χ2n) is 16.5. The number of nitrogens with zero attached hydrogens (tertiary/aromatic N) is 3. The third-order valence-electron chi connectivity index (χ3n) is 13.0. The molecule has 0 bridgehead atoms. The highest BCUT2D eigenvalue weighted by atomic mass is 15.0. The number of benzene rings is 11. The van der Waals surface area contributed by atoms with Gasteiger partial charge in [0.05, 0.1) is 34.0 Å². The second kappa shape index (κ2) is 14.1. The molecular formula is C60H37N3. The summed E-state index contributed by atoms with van der Waals surface area (Å²) in [5.74, 6) is 0. The van der Waals surface area contributed by atoms with E-state index in [0.29, 0.717) is 0 Å². The summed E-state index contributed by atoms with van der Waals surface area (Å²) in [5, 5.41) is 11.9. The van der Waals surface area contributed by atoms with Crippen molar-refractivity contribution in [3.8, 4) is 50.3 Å². The van der Waals surface area contributed by atoms with Crippen LogP contribution in [-0.4, -0.2) is 14.5 Å². The van der Waals surface area contributed by atoms with E-state index in [2.05, 4.69) is 223 Å². The fourth-order valence-corrected chi connectivity index (χ4v) is 10.0. The smallest absolute Gasteiger partial charge is 0.0979 e. The van der Waals surface area contributed by atoms with Gasteiger partial charge in [-0.25, -0.2) is 4.98 Å². The molecule has 63 heavy (non-hydrogen) atoms. The Bertz CT molecular complexity index is 3960. The minimum absolute atomic E-state index is 0.840. The van der Waals surface area contributed by atoms with Crippen molar-refractivity contribution in [3.05, 3.63) is 225 Å². The number of fused-ring (bicyclic) bond motifs is 11. The van der Waals surface area contributed by atoms with Crippen molar-refractivity contribution in [2.24, 2.45) is 0 Å². The summed E-state index contributed by atoms with van der Waals surface area (Å²) in [7, 11) is 0. The molecule has 13 aromatic rings. The zero-order chi connectivity index (χ0) is 41.4. The molecule has 3 nitrogen and oxygen atoms in total. The Morgan fingerprint density at radius 1 is 0.302 bits per heavy atom. The summed E-state index contributed by atoms with van der Waals surface area (Å²) in [6.45, 7) is 0. The first-order valence-corrected chi connectivity index (χ1v) is 21.6. The van der Waals surface area contributed by atoms with Gasteiger partial charge in [0.2, 0.25) is 0 Å². The first kappa shape index (κ1) is 35.4. The lowest BCUT2D eigenvalue weighted by Gasteiger charge is -2.15. The molecule has 11 aromatic carbocycles. The Morgan fingerprint density at radius 3 is 1.54 bits per heavy atom. The van der Waals surface area contributed by atoms with Crippen LogP contribution >= 0.6 is 0 Å². The van der Waals surface area contributed by atoms with Crippen LogP contribution in [0.4, 0.5) is 0 Å². The van der Waals surface area contributed by atoms with Gasteiger partial charge in [-0.1, -0.05) is 170 Å². The van der Waals surface area contributed by atoms with E-state index >= 15 is 0 Å². The van der Waals surface area contributed by atoms with Gasteiger partial charge < -0.3 is 4.57 Å². The molecule has 0 saturated carbocycles. The highest BCUT2D eigenvalue weighted by Gasteiger charge is 2.18. The van der Waals surface area contributed by atoms with Crippen LogP contribution in [0.3, 0.4) is 0 Å². The minimum atomic E-state index is 0.840. The Balaban J connectivity index is 1.00. The van der Waals surface area contributed by atoms with E-state index in [1.165, 1.54) is 59.9 Å². The van der Waals surface area contributed by atoms with E-state index in [9.17, 15) is 0 Å². The van der Waals surface area contributed by atoms with E-state index in [1.54, 1.807) is 0 Å². The molecule has 0 radical (unpaired) electrons. The third-order valence-corrected chi connectivity index (χ3v) is 13.0. The number of rotatable bonds is 5. The van der Waals surface area contributed by atoms with Crippen LogP contribution in [0.1, 0.15) is 0 Å². The molecule has 0 spiro atoms. The average molecular weight is 800 g/mol. The quantitative estimate of drug-likeness (QED) is 0.162. The second-order valence-corrected chi connectivity index (χ2v) is 16.5. The molecule has 292 valence electrons. The zero-order valence-electron chi connectivity index (χ0n) is 34.2. The number of para-hydroxylation sites is 2. The summed E-state index contributed by atoms with van der Waals surface area (Å²) in [5.41, 5.74) is 14.2. The van der Waals surface area contributed by atoms with Crippen molar-refractivity contribution in [1.82, 2.24) is 14.5 Å². The highest BCUT2D eigenvalue weighted by molar-refractivity contribution is 6.24. The molecule has 0 fully saturated rings. The molecule has 0 aliphatic heterocycles. The van der Waals surface area contributed by atoms with Gasteiger partial charge in [0.1, 0.15) is 0 Å². The fourth-order valence-electron chi connectivity index (χ4n) is 10.0. The third kappa shape index (κ3) is 5.67. The first-order chi connectivity index (χ1) is 31.2. The van der Waals surface area contributed by atoms with E-state index in [0.717, 1.165) is 66.4 Å². The zero-order valence-corrected chi connectivity index (χ0v) is 34.2. The lowest BCUT2D eigenvalue weighted by atomic mass is 9.91. The van der Waals surface area contributed by atoms with Crippen molar-refractivity contribution < 1.29 is 0 Å². The van der Waals surface area contributed by atoms with Crippen LogP contribution < -0.4 is 0 Å². The fraction of sp³-hybridized carbons (Fsp3) is 0. The molecule has 0 aliphatic rings. The molecule has 13 rings (SSSR count). The maximum absolute atomic E-state index is 5.57. The molecule has 3 heteroatoms. The van der Waals surface area contributed by atoms with Gasteiger partial charge in [-0.05, 0) is 114 Å². The van der Waals surface area contributed by atoms with E-state index in [-0.39, 0.29) is 0 Å². The summed E-state index contributed by atoms with van der Waals surface area (Å²) < 4.78 is 2.36. The Labute approximate surface area is 363 Å². The van der Waals surface area contributed by atoms with E-state index in [1.807, 2.05) is 6.20 Å². The van der Waals surface area contributed by atoms with Crippen LogP contribution in [0.2, 0.25) is 0 Å². The number of hydrogen-bond donors (Lipinski definition) is 0. The minimum Gasteiger partial charge on any atom is -0.309 e. The predicted molar refractivity (Wildman–Crippen MR) is 266 cm³/mol. The van der Waals surface area contributed by atoms with Crippen LogP contribution in [0.5, 0.6) is 0 Å². The summed E-state index contributed by atoms with van der Waals surface area (Å²) in [6, 6.07) is 79.0. The van der Waals surface area contributed by atoms with Crippen molar-refractivity contribution >= 4 is 75.9 Å². The van der Waals surface area contributed by atoms with Crippen molar-refractivity contribution in [1.29, 1.82) is 0 Å². The maximum atomic E-state index is 5.57. The topological polar surface area (TPSA) is 30.7 Å². The lowest BCUT2D eigenvalue weighted by Crippen LogP contribution is -1.94. The first-order valence-electron chi connectivity index (χ1n) is 21.6. The van der Waals surface area contributed by atoms with Crippen LogP contribution in [0, 0.1) is 0 Å². The van der Waals surface area contributed by atoms with Gasteiger partial charge in [-0.2, -0.15) is 0 Å². The van der Waals surface area contributed by atoms with Crippen LogP contribution in [0.15, 0.2) is 225 Å². The molecule has 0 saturated heterocycles. The molecule has 0 amide bonds. The molecule has 2 aromatic heterocycles. The van der Waals surface area contributed by atoms with Crippen molar-refractivity contribution in [2.45, 2.75) is 0 Å². The van der Waals surface area contributed by atoms with Gasteiger partial charge in [0.15, 0.2) is 0 Å². The van der Waals surface area contributed by atoms with Gasteiger partial charge in [-0.3, -0.25) is 4.98 Å². The van der Waals surface area contributed by atoms with Gasteiger partial charge in [-0.15, -0.1) is 0 Å². The Hall–Kier alpha value is -8.40. The van der Waals surface area contributed by atoms with Gasteiger partial charge in [0.25, 0.3) is 0 Å². The number of hydrogen-bond acceptors (Lipinski definition) is 2. The number of aromatic nitrogens is 3. The molecular weight excluding hydrogens is 763 g/mol. The van der Waals surface area contributed by atoms with E-state index < -0.39 is 0 Å². The van der Waals surface area contributed by atoms with Crippen LogP contribution in [0.25, 0.3) is 126 Å². The van der Waals surface area contributed by atoms with Crippen molar-refractivity contribution in [3.63, 3.8) is 0 Å². The summed E-state index contributed by atoms with van der Waals surface area (Å²) in [4.78, 5) is 10.9.